The Hall–Kier alpha value is -1.99. The lowest BCUT2D eigenvalue weighted by Crippen LogP contribution is -2.05. The van der Waals surface area contributed by atoms with Crippen molar-refractivity contribution in [3.8, 4) is 22.8 Å². The molecule has 1 aromatic heterocycles. The zero-order valence-electron chi connectivity index (χ0n) is 13.4. The molecule has 0 atom stereocenters. The van der Waals surface area contributed by atoms with Gasteiger partial charge in [-0.1, -0.05) is 0 Å². The van der Waals surface area contributed by atoms with Crippen molar-refractivity contribution in [1.29, 1.82) is 0 Å². The molecule has 0 bridgehead atoms. The van der Waals surface area contributed by atoms with Crippen LogP contribution in [0.1, 0.15) is 17.3 Å². The lowest BCUT2D eigenvalue weighted by molar-refractivity contribution is 0.0528. The van der Waals surface area contributed by atoms with Gasteiger partial charge < -0.3 is 19.0 Å². The molecule has 130 valence electrons. The van der Waals surface area contributed by atoms with Crippen molar-refractivity contribution < 1.29 is 23.8 Å². The fourth-order valence-electron chi connectivity index (χ4n) is 2.58. The number of halogens is 2. The standard InChI is InChI=1S/C18H14Br2O5/c1-3-24-18(22)15-11-5-4-10(21)8-14(11)25-16(15)9-6-12(19)17(23-2)13(20)7-9/h4-8,21H,3H2,1-2H3. The minimum atomic E-state index is -0.481. The summed E-state index contributed by atoms with van der Waals surface area (Å²) in [6.07, 6.45) is 0. The number of methoxy groups -OCH3 is 1. The fourth-order valence-corrected chi connectivity index (χ4v) is 4.09. The van der Waals surface area contributed by atoms with Crippen molar-refractivity contribution in [2.24, 2.45) is 0 Å². The number of ether oxygens (including phenoxy) is 2. The molecule has 0 saturated carbocycles. The molecule has 0 aliphatic rings. The van der Waals surface area contributed by atoms with Gasteiger partial charge in [0.15, 0.2) is 0 Å². The van der Waals surface area contributed by atoms with E-state index in [0.29, 0.717) is 42.6 Å². The van der Waals surface area contributed by atoms with Crippen LogP contribution in [0.3, 0.4) is 0 Å². The molecule has 0 fully saturated rings. The molecule has 3 aromatic rings. The number of carbonyl (C=O) groups is 1. The first-order valence-electron chi connectivity index (χ1n) is 7.42. The number of rotatable bonds is 4. The molecule has 1 heterocycles. The zero-order chi connectivity index (χ0) is 18.1. The summed E-state index contributed by atoms with van der Waals surface area (Å²) >= 11 is 6.90. The highest BCUT2D eigenvalue weighted by atomic mass is 79.9. The Kier molecular flexibility index (Phi) is 5.06. The number of aromatic hydroxyl groups is 1. The van der Waals surface area contributed by atoms with Crippen molar-refractivity contribution in [3.63, 3.8) is 0 Å². The molecule has 2 aromatic carbocycles. The van der Waals surface area contributed by atoms with Crippen LogP contribution in [0.4, 0.5) is 0 Å². The van der Waals surface area contributed by atoms with E-state index >= 15 is 0 Å². The highest BCUT2D eigenvalue weighted by Crippen LogP contribution is 2.41. The van der Waals surface area contributed by atoms with Gasteiger partial charge in [0.2, 0.25) is 0 Å². The average molecular weight is 470 g/mol. The van der Waals surface area contributed by atoms with Gasteiger partial charge in [0.05, 0.1) is 22.7 Å². The van der Waals surface area contributed by atoms with E-state index in [1.807, 2.05) is 0 Å². The molecule has 25 heavy (non-hydrogen) atoms. The summed E-state index contributed by atoms with van der Waals surface area (Å²) in [4.78, 5) is 12.5. The van der Waals surface area contributed by atoms with Crippen LogP contribution in [0.2, 0.25) is 0 Å². The maximum atomic E-state index is 12.5. The van der Waals surface area contributed by atoms with Crippen LogP contribution >= 0.6 is 31.9 Å². The predicted molar refractivity (Wildman–Crippen MR) is 101 cm³/mol. The lowest BCUT2D eigenvalue weighted by Gasteiger charge is -2.09. The van der Waals surface area contributed by atoms with E-state index < -0.39 is 5.97 Å². The first kappa shape index (κ1) is 17.8. The number of esters is 1. The number of hydrogen-bond acceptors (Lipinski definition) is 5. The Morgan fingerprint density at radius 1 is 1.20 bits per heavy atom. The van der Waals surface area contributed by atoms with Crippen molar-refractivity contribution >= 4 is 48.8 Å². The highest BCUT2D eigenvalue weighted by Gasteiger charge is 2.24. The minimum Gasteiger partial charge on any atom is -0.508 e. The van der Waals surface area contributed by atoms with Crippen LogP contribution in [-0.4, -0.2) is 24.8 Å². The fraction of sp³-hybridized carbons (Fsp3) is 0.167. The van der Waals surface area contributed by atoms with Crippen molar-refractivity contribution in [1.82, 2.24) is 0 Å². The Morgan fingerprint density at radius 2 is 1.88 bits per heavy atom. The van der Waals surface area contributed by atoms with Gasteiger partial charge in [0, 0.05) is 17.0 Å². The van der Waals surface area contributed by atoms with Crippen LogP contribution in [0.15, 0.2) is 43.7 Å². The monoisotopic (exact) mass is 468 g/mol. The van der Waals surface area contributed by atoms with Crippen LogP contribution in [0.25, 0.3) is 22.3 Å². The van der Waals surface area contributed by atoms with Gasteiger partial charge in [-0.05, 0) is 63.0 Å². The van der Waals surface area contributed by atoms with Gasteiger partial charge in [-0.15, -0.1) is 0 Å². The normalized spacial score (nSPS) is 10.9. The molecule has 0 unspecified atom stereocenters. The number of phenolic OH excluding ortho intramolecular Hbond substituents is 1. The van der Waals surface area contributed by atoms with E-state index in [-0.39, 0.29) is 12.4 Å². The zero-order valence-corrected chi connectivity index (χ0v) is 16.6. The number of benzene rings is 2. The summed E-state index contributed by atoms with van der Waals surface area (Å²) in [6.45, 7) is 1.99. The molecule has 0 aliphatic heterocycles. The summed E-state index contributed by atoms with van der Waals surface area (Å²) in [5, 5.41) is 10.3. The molecule has 0 radical (unpaired) electrons. The Morgan fingerprint density at radius 3 is 2.48 bits per heavy atom. The topological polar surface area (TPSA) is 68.9 Å². The van der Waals surface area contributed by atoms with E-state index in [0.717, 1.165) is 0 Å². The molecule has 0 amide bonds. The lowest BCUT2D eigenvalue weighted by atomic mass is 10.1. The van der Waals surface area contributed by atoms with Crippen LogP contribution in [0.5, 0.6) is 11.5 Å². The summed E-state index contributed by atoms with van der Waals surface area (Å²) in [5.41, 5.74) is 1.39. The van der Waals surface area contributed by atoms with E-state index in [4.69, 9.17) is 13.9 Å². The van der Waals surface area contributed by atoms with Crippen molar-refractivity contribution in [3.05, 3.63) is 44.8 Å². The molecule has 3 rings (SSSR count). The molecule has 0 saturated heterocycles. The summed E-state index contributed by atoms with van der Waals surface area (Å²) in [6, 6.07) is 8.20. The van der Waals surface area contributed by atoms with Crippen LogP contribution in [-0.2, 0) is 4.74 Å². The van der Waals surface area contributed by atoms with Gasteiger partial charge in [-0.3, -0.25) is 0 Å². The van der Waals surface area contributed by atoms with E-state index in [9.17, 15) is 9.90 Å². The first-order valence-corrected chi connectivity index (χ1v) is 9.00. The quantitative estimate of drug-likeness (QED) is 0.509. The van der Waals surface area contributed by atoms with Crippen molar-refractivity contribution in [2.75, 3.05) is 13.7 Å². The third-order valence-corrected chi connectivity index (χ3v) is 4.80. The van der Waals surface area contributed by atoms with Gasteiger partial charge in [-0.25, -0.2) is 4.79 Å². The van der Waals surface area contributed by atoms with E-state index in [2.05, 4.69) is 31.9 Å². The Balaban J connectivity index is 2.28. The summed E-state index contributed by atoms with van der Waals surface area (Å²) in [5.74, 6) is 0.573. The SMILES string of the molecule is CCOC(=O)c1c(-c2cc(Br)c(OC)c(Br)c2)oc2cc(O)ccc12. The second-order valence-corrected chi connectivity index (χ2v) is 6.89. The third-order valence-electron chi connectivity index (χ3n) is 3.62. The molecule has 7 heteroatoms. The van der Waals surface area contributed by atoms with Gasteiger partial charge in [0.1, 0.15) is 28.4 Å². The predicted octanol–water partition coefficient (Wildman–Crippen LogP) is 5.52. The summed E-state index contributed by atoms with van der Waals surface area (Å²) in [7, 11) is 1.57. The maximum absolute atomic E-state index is 12.5. The minimum absolute atomic E-state index is 0.0558. The molecule has 5 nitrogen and oxygen atoms in total. The molecular formula is C18H14Br2O5. The Bertz CT molecular complexity index is 938. The second-order valence-electron chi connectivity index (χ2n) is 5.18. The van der Waals surface area contributed by atoms with Crippen LogP contribution < -0.4 is 4.74 Å². The number of carbonyl (C=O) groups excluding carboxylic acids is 1. The molecular weight excluding hydrogens is 456 g/mol. The van der Waals surface area contributed by atoms with E-state index in [1.54, 1.807) is 32.2 Å². The molecule has 0 aliphatic carbocycles. The number of phenols is 1. The number of furan rings is 1. The molecule has 1 N–H and O–H groups in total. The Labute approximate surface area is 160 Å². The van der Waals surface area contributed by atoms with E-state index in [1.165, 1.54) is 12.1 Å². The van der Waals surface area contributed by atoms with Crippen molar-refractivity contribution in [2.45, 2.75) is 6.92 Å². The second kappa shape index (κ2) is 7.09. The highest BCUT2D eigenvalue weighted by molar-refractivity contribution is 9.11. The van der Waals surface area contributed by atoms with Gasteiger partial charge in [-0.2, -0.15) is 0 Å². The van der Waals surface area contributed by atoms with Gasteiger partial charge >= 0.3 is 5.97 Å². The number of fused-ring (bicyclic) bond motifs is 1. The maximum Gasteiger partial charge on any atom is 0.342 e. The summed E-state index contributed by atoms with van der Waals surface area (Å²) < 4.78 is 17.8. The number of hydrogen-bond donors (Lipinski definition) is 1. The van der Waals surface area contributed by atoms with Gasteiger partial charge in [0.25, 0.3) is 0 Å². The van der Waals surface area contributed by atoms with Crippen LogP contribution in [0, 0.1) is 0 Å². The average Bonchev–Trinajstić information content (AvgIpc) is 2.93. The first-order chi connectivity index (χ1) is 12.0. The largest absolute Gasteiger partial charge is 0.508 e. The molecule has 0 spiro atoms. The smallest absolute Gasteiger partial charge is 0.342 e. The third kappa shape index (κ3) is 3.26.